The smallest absolute Gasteiger partial charge is 0.201 e. The van der Waals surface area contributed by atoms with Gasteiger partial charge in [-0.2, -0.15) is 0 Å². The summed E-state index contributed by atoms with van der Waals surface area (Å²) in [5.74, 6) is 0.518. The summed E-state index contributed by atoms with van der Waals surface area (Å²) in [6.07, 6.45) is 8.26. The largest absolute Gasteiger partial charge is 0.493 e. The molecule has 1 saturated carbocycles. The highest BCUT2D eigenvalue weighted by Crippen LogP contribution is 2.40. The molecule has 3 unspecified atom stereocenters. The zero-order valence-electron chi connectivity index (χ0n) is 12.8. The average Bonchev–Trinajstić information content (AvgIpc) is 2.52. The molecule has 21 heavy (non-hydrogen) atoms. The Kier molecular flexibility index (Phi) is 4.43. The van der Waals surface area contributed by atoms with Gasteiger partial charge in [-0.1, -0.05) is 12.8 Å². The number of hydrogen-bond donors (Lipinski definition) is 0. The number of rotatable bonds is 3. The summed E-state index contributed by atoms with van der Waals surface area (Å²) in [5.41, 5.74) is 0. The van der Waals surface area contributed by atoms with Crippen LogP contribution in [0.2, 0.25) is 0 Å². The Morgan fingerprint density at radius 2 is 1.90 bits per heavy atom. The molecule has 1 heterocycles. The molecule has 3 aliphatic rings. The van der Waals surface area contributed by atoms with E-state index in [0.717, 1.165) is 38.9 Å². The molecule has 0 amide bonds. The zero-order chi connectivity index (χ0) is 14.8. The van der Waals surface area contributed by atoms with Crippen molar-refractivity contribution < 1.29 is 14.3 Å². The number of Topliss-reactive ketones (excluding diaryl/α,β-unsaturated/α-hetero) is 1. The van der Waals surface area contributed by atoms with Gasteiger partial charge in [-0.05, 0) is 44.7 Å². The topological polar surface area (TPSA) is 46.6 Å². The maximum atomic E-state index is 12.5. The minimum Gasteiger partial charge on any atom is -0.493 e. The van der Waals surface area contributed by atoms with Gasteiger partial charge in [0.1, 0.15) is 0 Å². The van der Waals surface area contributed by atoms with Gasteiger partial charge >= 0.3 is 0 Å². The van der Waals surface area contributed by atoms with Crippen molar-refractivity contribution >= 4 is 11.6 Å². The zero-order valence-corrected chi connectivity index (χ0v) is 12.8. The molecule has 0 bridgehead atoms. The molecule has 0 radical (unpaired) electrons. The van der Waals surface area contributed by atoms with Crippen LogP contribution in [0.4, 0.5) is 0 Å². The number of methoxy groups -OCH3 is 1. The van der Waals surface area contributed by atoms with E-state index >= 15 is 0 Å². The molecule has 1 saturated heterocycles. The van der Waals surface area contributed by atoms with Gasteiger partial charge in [-0.25, -0.2) is 0 Å². The van der Waals surface area contributed by atoms with Crippen molar-refractivity contribution in [1.29, 1.82) is 0 Å². The second-order valence-electron chi connectivity index (χ2n) is 6.66. The van der Waals surface area contributed by atoms with Gasteiger partial charge in [0, 0.05) is 24.5 Å². The number of allylic oxidation sites excluding steroid dienone is 2. The standard InChI is InChI=1S/C17H25NO3/c1-21-15-10-14(19)16-12(6-5-7-13(16)17(15)20)11-18-8-3-2-4-9-18/h10,12-13,16H,2-9,11H2,1H3. The van der Waals surface area contributed by atoms with Crippen LogP contribution in [0.5, 0.6) is 0 Å². The van der Waals surface area contributed by atoms with Gasteiger partial charge < -0.3 is 9.64 Å². The van der Waals surface area contributed by atoms with Crippen molar-refractivity contribution in [2.75, 3.05) is 26.7 Å². The van der Waals surface area contributed by atoms with Gasteiger partial charge in [0.25, 0.3) is 0 Å². The van der Waals surface area contributed by atoms with Crippen LogP contribution < -0.4 is 0 Å². The molecule has 3 atom stereocenters. The van der Waals surface area contributed by atoms with Gasteiger partial charge in [0.15, 0.2) is 11.5 Å². The van der Waals surface area contributed by atoms with Crippen LogP contribution in [0.15, 0.2) is 11.8 Å². The molecule has 4 nitrogen and oxygen atoms in total. The first-order valence-corrected chi connectivity index (χ1v) is 8.27. The summed E-state index contributed by atoms with van der Waals surface area (Å²) in [6, 6.07) is 0. The lowest BCUT2D eigenvalue weighted by Crippen LogP contribution is -2.46. The van der Waals surface area contributed by atoms with Gasteiger partial charge in [-0.15, -0.1) is 0 Å². The molecule has 116 valence electrons. The molecule has 2 fully saturated rings. The molecular formula is C17H25NO3. The van der Waals surface area contributed by atoms with Crippen LogP contribution in [-0.4, -0.2) is 43.2 Å². The van der Waals surface area contributed by atoms with Crippen molar-refractivity contribution in [2.45, 2.75) is 38.5 Å². The third-order valence-electron chi connectivity index (χ3n) is 5.37. The van der Waals surface area contributed by atoms with Crippen molar-refractivity contribution in [3.8, 4) is 0 Å². The normalized spacial score (nSPS) is 34.3. The lowest BCUT2D eigenvalue weighted by molar-refractivity contribution is -0.136. The number of ketones is 2. The number of ether oxygens (including phenoxy) is 1. The predicted molar refractivity (Wildman–Crippen MR) is 79.7 cm³/mol. The number of carbonyl (C=O) groups excluding carboxylic acids is 2. The third kappa shape index (κ3) is 2.91. The quantitative estimate of drug-likeness (QED) is 0.799. The fourth-order valence-electron chi connectivity index (χ4n) is 4.33. The fourth-order valence-corrected chi connectivity index (χ4v) is 4.33. The van der Waals surface area contributed by atoms with Crippen LogP contribution in [0.25, 0.3) is 0 Å². The Bertz CT molecular complexity index is 451. The Morgan fingerprint density at radius 3 is 2.62 bits per heavy atom. The fraction of sp³-hybridized carbons (Fsp3) is 0.765. The molecule has 3 rings (SSSR count). The Balaban J connectivity index is 1.75. The monoisotopic (exact) mass is 291 g/mol. The first-order valence-electron chi connectivity index (χ1n) is 8.27. The Hall–Kier alpha value is -1.16. The van der Waals surface area contributed by atoms with E-state index in [2.05, 4.69) is 4.90 Å². The van der Waals surface area contributed by atoms with Crippen LogP contribution in [0.1, 0.15) is 38.5 Å². The number of piperidine rings is 1. The Labute approximate surface area is 126 Å². The summed E-state index contributed by atoms with van der Waals surface area (Å²) in [4.78, 5) is 27.4. The molecule has 0 N–H and O–H groups in total. The van der Waals surface area contributed by atoms with Crippen LogP contribution in [0.3, 0.4) is 0 Å². The lowest BCUT2D eigenvalue weighted by Gasteiger charge is -2.41. The summed E-state index contributed by atoms with van der Waals surface area (Å²) in [6.45, 7) is 3.28. The van der Waals surface area contributed by atoms with E-state index in [0.29, 0.717) is 5.92 Å². The highest BCUT2D eigenvalue weighted by Gasteiger charge is 2.45. The van der Waals surface area contributed by atoms with Crippen molar-refractivity contribution in [1.82, 2.24) is 4.90 Å². The molecule has 0 aromatic rings. The van der Waals surface area contributed by atoms with Gasteiger partial charge in [-0.3, -0.25) is 9.59 Å². The van der Waals surface area contributed by atoms with E-state index in [9.17, 15) is 9.59 Å². The SMILES string of the molecule is COC1=CC(=O)C2C(CN3CCCCC3)CCCC2C1=O. The van der Waals surface area contributed by atoms with E-state index in [-0.39, 0.29) is 29.2 Å². The number of nitrogens with zero attached hydrogens (tertiary/aromatic N) is 1. The molecule has 1 aliphatic heterocycles. The predicted octanol–water partition coefficient (Wildman–Crippen LogP) is 2.19. The summed E-state index contributed by atoms with van der Waals surface area (Å²) < 4.78 is 5.09. The number of fused-ring (bicyclic) bond motifs is 1. The van der Waals surface area contributed by atoms with Gasteiger partial charge in [0.05, 0.1) is 7.11 Å². The maximum Gasteiger partial charge on any atom is 0.201 e. The lowest BCUT2D eigenvalue weighted by atomic mass is 9.65. The van der Waals surface area contributed by atoms with Crippen LogP contribution in [-0.2, 0) is 14.3 Å². The molecule has 0 spiro atoms. The van der Waals surface area contributed by atoms with Crippen molar-refractivity contribution in [3.63, 3.8) is 0 Å². The number of hydrogen-bond acceptors (Lipinski definition) is 4. The highest BCUT2D eigenvalue weighted by atomic mass is 16.5. The molecular weight excluding hydrogens is 266 g/mol. The van der Waals surface area contributed by atoms with E-state index in [1.807, 2.05) is 0 Å². The van der Waals surface area contributed by atoms with E-state index in [1.54, 1.807) is 0 Å². The first-order chi connectivity index (χ1) is 10.2. The maximum absolute atomic E-state index is 12.5. The molecule has 0 aromatic carbocycles. The minimum atomic E-state index is -0.138. The van der Waals surface area contributed by atoms with E-state index in [4.69, 9.17) is 4.74 Å². The van der Waals surface area contributed by atoms with Crippen LogP contribution in [0, 0.1) is 17.8 Å². The third-order valence-corrected chi connectivity index (χ3v) is 5.37. The second-order valence-corrected chi connectivity index (χ2v) is 6.66. The minimum absolute atomic E-state index is 0.0467. The number of likely N-dealkylation sites (tertiary alicyclic amines) is 1. The van der Waals surface area contributed by atoms with E-state index < -0.39 is 0 Å². The van der Waals surface area contributed by atoms with Crippen molar-refractivity contribution in [2.24, 2.45) is 17.8 Å². The number of carbonyl (C=O) groups is 2. The van der Waals surface area contributed by atoms with Crippen molar-refractivity contribution in [3.05, 3.63) is 11.8 Å². The first kappa shape index (κ1) is 14.8. The molecule has 2 aliphatic carbocycles. The second kappa shape index (κ2) is 6.30. The summed E-state index contributed by atoms with van der Waals surface area (Å²) in [5, 5.41) is 0. The summed E-state index contributed by atoms with van der Waals surface area (Å²) >= 11 is 0. The molecule has 4 heteroatoms. The van der Waals surface area contributed by atoms with Crippen LogP contribution >= 0.6 is 0 Å². The van der Waals surface area contributed by atoms with Gasteiger partial charge in [0.2, 0.25) is 5.78 Å². The Morgan fingerprint density at radius 1 is 1.14 bits per heavy atom. The average molecular weight is 291 g/mol. The van der Waals surface area contributed by atoms with E-state index in [1.165, 1.54) is 32.4 Å². The highest BCUT2D eigenvalue weighted by molar-refractivity contribution is 6.09. The molecule has 0 aromatic heterocycles. The summed E-state index contributed by atoms with van der Waals surface area (Å²) in [7, 11) is 1.48.